The van der Waals surface area contributed by atoms with E-state index in [4.69, 9.17) is 23.2 Å². The summed E-state index contributed by atoms with van der Waals surface area (Å²) >= 11 is 12.3. The fourth-order valence-electron chi connectivity index (χ4n) is 2.02. The number of nitrogens with zero attached hydrogens (tertiary/aromatic N) is 4. The van der Waals surface area contributed by atoms with Crippen molar-refractivity contribution >= 4 is 40.8 Å². The molecule has 3 rings (SSSR count). The minimum absolute atomic E-state index is 0.0866. The summed E-state index contributed by atoms with van der Waals surface area (Å²) in [4.78, 5) is 25.7. The minimum Gasteiger partial charge on any atom is -0.321 e. The van der Waals surface area contributed by atoms with Gasteiger partial charge in [-0.25, -0.2) is 9.97 Å². The van der Waals surface area contributed by atoms with Crippen LogP contribution >= 0.6 is 23.2 Å². The smallest absolute Gasteiger partial charge is 0.226 e. The highest BCUT2D eigenvalue weighted by atomic mass is 35.5. The van der Waals surface area contributed by atoms with E-state index in [-0.39, 0.29) is 16.2 Å². The monoisotopic (exact) mass is 313 g/mol. The summed E-state index contributed by atoms with van der Waals surface area (Å²) in [6, 6.07) is 0. The second-order valence-electron chi connectivity index (χ2n) is 4.81. The number of hydrogen-bond acceptors (Lipinski definition) is 5. The maximum absolute atomic E-state index is 11.5. The van der Waals surface area contributed by atoms with Crippen molar-refractivity contribution in [1.29, 1.82) is 0 Å². The SMILES string of the molecule is CC(=O)N1CCN=C1Nc1c(Cl)nc(C2CC2)nc1Cl. The second-order valence-corrected chi connectivity index (χ2v) is 5.53. The second kappa shape index (κ2) is 5.18. The van der Waals surface area contributed by atoms with E-state index in [1.165, 1.54) is 11.8 Å². The number of aliphatic imine (C=N–C) groups is 1. The van der Waals surface area contributed by atoms with Crippen LogP contribution in [-0.2, 0) is 4.79 Å². The molecule has 1 aliphatic carbocycles. The summed E-state index contributed by atoms with van der Waals surface area (Å²) in [7, 11) is 0. The van der Waals surface area contributed by atoms with Crippen molar-refractivity contribution in [2.75, 3.05) is 18.4 Å². The van der Waals surface area contributed by atoms with Crippen LogP contribution in [0, 0.1) is 0 Å². The molecule has 1 amide bonds. The van der Waals surface area contributed by atoms with E-state index in [9.17, 15) is 4.79 Å². The van der Waals surface area contributed by atoms with Crippen LogP contribution < -0.4 is 5.32 Å². The number of carbonyl (C=O) groups is 1. The first-order valence-electron chi connectivity index (χ1n) is 6.38. The van der Waals surface area contributed by atoms with Crippen LogP contribution in [0.3, 0.4) is 0 Å². The number of rotatable bonds is 2. The third-order valence-corrected chi connectivity index (χ3v) is 3.79. The van der Waals surface area contributed by atoms with Crippen molar-refractivity contribution in [3.63, 3.8) is 0 Å². The highest BCUT2D eigenvalue weighted by molar-refractivity contribution is 6.38. The zero-order valence-corrected chi connectivity index (χ0v) is 12.4. The normalized spacial score (nSPS) is 18.1. The van der Waals surface area contributed by atoms with Gasteiger partial charge in [0, 0.05) is 19.4 Å². The molecule has 1 fully saturated rings. The summed E-state index contributed by atoms with van der Waals surface area (Å²) in [6.07, 6.45) is 2.15. The van der Waals surface area contributed by atoms with E-state index in [1.54, 1.807) is 0 Å². The number of hydrogen-bond donors (Lipinski definition) is 1. The Hall–Kier alpha value is -1.40. The van der Waals surface area contributed by atoms with Crippen LogP contribution in [0.4, 0.5) is 5.69 Å². The van der Waals surface area contributed by atoms with Crippen LogP contribution in [-0.4, -0.2) is 39.8 Å². The fourth-order valence-corrected chi connectivity index (χ4v) is 2.52. The van der Waals surface area contributed by atoms with Gasteiger partial charge in [0.1, 0.15) is 11.5 Å². The predicted octanol–water partition coefficient (Wildman–Crippen LogP) is 2.29. The molecule has 1 saturated carbocycles. The first-order chi connectivity index (χ1) is 9.56. The number of carbonyl (C=O) groups excluding carboxylic acids is 1. The number of nitrogens with one attached hydrogen (secondary N) is 1. The highest BCUT2D eigenvalue weighted by Gasteiger charge is 2.29. The number of anilines is 1. The molecule has 0 radical (unpaired) electrons. The molecule has 0 unspecified atom stereocenters. The molecule has 2 aliphatic rings. The van der Waals surface area contributed by atoms with E-state index in [0.29, 0.717) is 36.5 Å². The Morgan fingerprint density at radius 1 is 1.30 bits per heavy atom. The van der Waals surface area contributed by atoms with Crippen LogP contribution in [0.5, 0.6) is 0 Å². The number of guanidine groups is 1. The third-order valence-electron chi connectivity index (χ3n) is 3.24. The van der Waals surface area contributed by atoms with Crippen LogP contribution in [0.15, 0.2) is 4.99 Å². The molecule has 0 spiro atoms. The lowest BCUT2D eigenvalue weighted by Crippen LogP contribution is -2.36. The Morgan fingerprint density at radius 3 is 2.50 bits per heavy atom. The molecule has 1 aliphatic heterocycles. The van der Waals surface area contributed by atoms with Crippen molar-refractivity contribution in [2.45, 2.75) is 25.7 Å². The summed E-state index contributed by atoms with van der Waals surface area (Å²) < 4.78 is 0. The van der Waals surface area contributed by atoms with E-state index in [0.717, 1.165) is 12.8 Å². The van der Waals surface area contributed by atoms with Crippen molar-refractivity contribution in [3.05, 3.63) is 16.1 Å². The standard InChI is InChI=1S/C12H13Cl2N5O/c1-6(20)19-5-4-15-12(19)16-8-9(13)17-11(7-2-3-7)18-10(8)14/h7H,2-5H2,1H3,(H,15,16). The van der Waals surface area contributed by atoms with Crippen LogP contribution in [0.2, 0.25) is 10.3 Å². The zero-order valence-electron chi connectivity index (χ0n) is 10.9. The zero-order chi connectivity index (χ0) is 14.3. The van der Waals surface area contributed by atoms with Gasteiger partial charge in [-0.15, -0.1) is 0 Å². The van der Waals surface area contributed by atoms with Gasteiger partial charge in [-0.05, 0) is 12.8 Å². The van der Waals surface area contributed by atoms with Crippen LogP contribution in [0.1, 0.15) is 31.5 Å². The topological polar surface area (TPSA) is 70.5 Å². The Morgan fingerprint density at radius 2 is 1.95 bits per heavy atom. The maximum Gasteiger partial charge on any atom is 0.226 e. The molecule has 1 aromatic rings. The maximum atomic E-state index is 11.5. The molecular formula is C12H13Cl2N5O. The highest BCUT2D eigenvalue weighted by Crippen LogP contribution is 2.40. The molecule has 2 heterocycles. The summed E-state index contributed by atoms with van der Waals surface area (Å²) in [5.74, 6) is 1.40. The van der Waals surface area contributed by atoms with Gasteiger partial charge < -0.3 is 5.32 Å². The lowest BCUT2D eigenvalue weighted by Gasteiger charge is -2.18. The van der Waals surface area contributed by atoms with Gasteiger partial charge in [0.15, 0.2) is 10.3 Å². The lowest BCUT2D eigenvalue weighted by atomic mass is 10.4. The summed E-state index contributed by atoms with van der Waals surface area (Å²) in [5, 5.41) is 3.47. The van der Waals surface area contributed by atoms with Gasteiger partial charge in [0.2, 0.25) is 11.9 Å². The van der Waals surface area contributed by atoms with E-state index < -0.39 is 0 Å². The van der Waals surface area contributed by atoms with Crippen molar-refractivity contribution in [2.24, 2.45) is 4.99 Å². The van der Waals surface area contributed by atoms with Crippen molar-refractivity contribution < 1.29 is 4.79 Å². The molecule has 0 bridgehead atoms. The Bertz CT molecular complexity index is 577. The molecule has 1 N–H and O–H groups in total. The Kier molecular flexibility index (Phi) is 3.52. The van der Waals surface area contributed by atoms with Gasteiger partial charge >= 0.3 is 0 Å². The molecule has 106 valence electrons. The first kappa shape index (κ1) is 13.6. The number of amides is 1. The average Bonchev–Trinajstić information content (AvgIpc) is 3.12. The van der Waals surface area contributed by atoms with Crippen LogP contribution in [0.25, 0.3) is 0 Å². The quantitative estimate of drug-likeness (QED) is 0.850. The number of aromatic nitrogens is 2. The van der Waals surface area contributed by atoms with Gasteiger partial charge in [-0.2, -0.15) is 0 Å². The lowest BCUT2D eigenvalue weighted by molar-refractivity contribution is -0.124. The minimum atomic E-state index is -0.0866. The molecular weight excluding hydrogens is 301 g/mol. The van der Waals surface area contributed by atoms with Gasteiger partial charge in [-0.1, -0.05) is 23.2 Å². The van der Waals surface area contributed by atoms with Gasteiger partial charge in [0.25, 0.3) is 0 Å². The van der Waals surface area contributed by atoms with E-state index in [1.807, 2.05) is 0 Å². The largest absolute Gasteiger partial charge is 0.321 e. The Balaban J connectivity index is 1.85. The molecule has 1 aromatic heterocycles. The van der Waals surface area contributed by atoms with Crippen molar-refractivity contribution in [3.8, 4) is 0 Å². The molecule has 0 saturated heterocycles. The Labute approximate surface area is 126 Å². The van der Waals surface area contributed by atoms with Gasteiger partial charge in [-0.3, -0.25) is 14.7 Å². The average molecular weight is 314 g/mol. The molecule has 20 heavy (non-hydrogen) atoms. The molecule has 0 atom stereocenters. The summed E-state index contributed by atoms with van der Waals surface area (Å²) in [6.45, 7) is 2.59. The fraction of sp³-hybridized carbons (Fsp3) is 0.500. The third kappa shape index (κ3) is 2.58. The predicted molar refractivity (Wildman–Crippen MR) is 77.3 cm³/mol. The van der Waals surface area contributed by atoms with Crippen molar-refractivity contribution in [1.82, 2.24) is 14.9 Å². The molecule has 8 heteroatoms. The van der Waals surface area contributed by atoms with Gasteiger partial charge in [0.05, 0.1) is 6.54 Å². The van der Waals surface area contributed by atoms with E-state index in [2.05, 4.69) is 20.3 Å². The molecule has 0 aromatic carbocycles. The number of halogens is 2. The van der Waals surface area contributed by atoms with E-state index >= 15 is 0 Å². The molecule has 6 nitrogen and oxygen atoms in total. The first-order valence-corrected chi connectivity index (χ1v) is 7.14. The summed E-state index contributed by atoms with van der Waals surface area (Å²) in [5.41, 5.74) is 0.393.